The van der Waals surface area contributed by atoms with Crippen LogP contribution in [0.2, 0.25) is 0 Å². The van der Waals surface area contributed by atoms with Gasteiger partial charge in [-0.05, 0) is 61.7 Å². The zero-order valence-electron chi connectivity index (χ0n) is 15.7. The molecule has 1 aromatic heterocycles. The largest absolute Gasteiger partial charge is 0.435 e. The molecular formula is C19H25F3N4S. The number of aromatic nitrogens is 2. The average molecular weight is 398 g/mol. The maximum atomic E-state index is 12.7. The Hall–Kier alpha value is -2.09. The molecule has 1 atom stereocenters. The molecule has 27 heavy (non-hydrogen) atoms. The minimum absolute atomic E-state index is 0.390. The minimum atomic E-state index is -4.41. The summed E-state index contributed by atoms with van der Waals surface area (Å²) in [4.78, 5) is 0. The molecule has 0 saturated heterocycles. The topological polar surface area (TPSA) is 41.9 Å². The zero-order valence-corrected chi connectivity index (χ0v) is 16.5. The molecule has 2 N–H and O–H groups in total. The van der Waals surface area contributed by atoms with Crippen LogP contribution >= 0.6 is 12.2 Å². The quantitative estimate of drug-likeness (QED) is 0.503. The summed E-state index contributed by atoms with van der Waals surface area (Å²) in [5.74, 6) is 0.521. The van der Waals surface area contributed by atoms with Gasteiger partial charge in [-0.2, -0.15) is 18.3 Å². The molecule has 1 unspecified atom stereocenters. The molecule has 8 heteroatoms. The second-order valence-electron chi connectivity index (χ2n) is 6.56. The van der Waals surface area contributed by atoms with Crippen LogP contribution in [0.25, 0.3) is 0 Å². The van der Waals surface area contributed by atoms with E-state index in [4.69, 9.17) is 12.2 Å². The molecule has 0 spiro atoms. The van der Waals surface area contributed by atoms with Crippen LogP contribution in [-0.4, -0.2) is 21.4 Å². The van der Waals surface area contributed by atoms with Gasteiger partial charge >= 0.3 is 6.18 Å². The summed E-state index contributed by atoms with van der Waals surface area (Å²) in [7, 11) is 0. The second kappa shape index (κ2) is 9.21. The van der Waals surface area contributed by atoms with E-state index < -0.39 is 11.9 Å². The Labute approximate surface area is 163 Å². The van der Waals surface area contributed by atoms with Crippen LogP contribution in [0.1, 0.15) is 49.6 Å². The number of hydrogen-bond acceptors (Lipinski definition) is 2. The molecular weight excluding hydrogens is 373 g/mol. The normalized spacial score (nSPS) is 12.7. The SMILES string of the molecule is CCC(C)c1ccc(NC(=S)NCCCn2nc(C(F)(F)F)cc2C)cc1. The van der Waals surface area contributed by atoms with Crippen LogP contribution in [0.5, 0.6) is 0 Å². The van der Waals surface area contributed by atoms with Crippen LogP contribution < -0.4 is 10.6 Å². The summed E-state index contributed by atoms with van der Waals surface area (Å²) < 4.78 is 39.3. The molecule has 0 radical (unpaired) electrons. The summed E-state index contributed by atoms with van der Waals surface area (Å²) >= 11 is 5.26. The Morgan fingerprint density at radius 1 is 1.26 bits per heavy atom. The predicted octanol–water partition coefficient (Wildman–Crippen LogP) is 5.10. The standard InChI is InChI=1S/C19H25F3N4S/c1-4-13(2)15-6-8-16(9-7-15)24-18(27)23-10-5-11-26-14(3)12-17(25-26)19(20,21)22/h6-9,12-13H,4-5,10-11H2,1-3H3,(H2,23,24,27). The van der Waals surface area contributed by atoms with E-state index in [2.05, 4.69) is 41.7 Å². The van der Waals surface area contributed by atoms with Gasteiger partial charge in [-0.25, -0.2) is 0 Å². The van der Waals surface area contributed by atoms with Crippen molar-refractivity contribution in [1.29, 1.82) is 0 Å². The number of aryl methyl sites for hydroxylation is 2. The van der Waals surface area contributed by atoms with Crippen molar-refractivity contribution in [2.24, 2.45) is 0 Å². The van der Waals surface area contributed by atoms with Crippen molar-refractivity contribution >= 4 is 23.0 Å². The summed E-state index contributed by atoms with van der Waals surface area (Å²) in [6.07, 6.45) is -2.72. The van der Waals surface area contributed by atoms with Gasteiger partial charge in [0.15, 0.2) is 10.8 Å². The molecule has 148 valence electrons. The van der Waals surface area contributed by atoms with Crippen molar-refractivity contribution < 1.29 is 13.2 Å². The highest BCUT2D eigenvalue weighted by Gasteiger charge is 2.34. The monoisotopic (exact) mass is 398 g/mol. The lowest BCUT2D eigenvalue weighted by atomic mass is 9.99. The summed E-state index contributed by atoms with van der Waals surface area (Å²) in [5, 5.41) is 10.3. The Morgan fingerprint density at radius 2 is 1.93 bits per heavy atom. The number of rotatable bonds is 7. The van der Waals surface area contributed by atoms with Crippen LogP contribution in [0, 0.1) is 6.92 Å². The van der Waals surface area contributed by atoms with Crippen LogP contribution in [0.3, 0.4) is 0 Å². The van der Waals surface area contributed by atoms with E-state index in [1.54, 1.807) is 6.92 Å². The Morgan fingerprint density at radius 3 is 2.48 bits per heavy atom. The Balaban J connectivity index is 1.76. The molecule has 0 aliphatic carbocycles. The van der Waals surface area contributed by atoms with Gasteiger partial charge < -0.3 is 10.6 Å². The molecule has 0 fully saturated rings. The van der Waals surface area contributed by atoms with E-state index in [1.165, 1.54) is 10.2 Å². The fourth-order valence-electron chi connectivity index (χ4n) is 2.61. The summed E-state index contributed by atoms with van der Waals surface area (Å²) in [6, 6.07) is 9.20. The van der Waals surface area contributed by atoms with E-state index in [-0.39, 0.29) is 0 Å². The molecule has 2 rings (SSSR count). The van der Waals surface area contributed by atoms with Crippen LogP contribution in [0.15, 0.2) is 30.3 Å². The molecule has 1 heterocycles. The number of anilines is 1. The number of nitrogens with zero attached hydrogens (tertiary/aromatic N) is 2. The first-order chi connectivity index (χ1) is 12.7. The van der Waals surface area contributed by atoms with Crippen molar-refractivity contribution in [3.63, 3.8) is 0 Å². The van der Waals surface area contributed by atoms with E-state index in [9.17, 15) is 13.2 Å². The van der Waals surface area contributed by atoms with Gasteiger partial charge in [-0.15, -0.1) is 0 Å². The number of halogens is 3. The van der Waals surface area contributed by atoms with Gasteiger partial charge in [0.25, 0.3) is 0 Å². The maximum Gasteiger partial charge on any atom is 0.435 e. The molecule has 0 aliphatic heterocycles. The number of benzene rings is 1. The molecule has 0 saturated carbocycles. The van der Waals surface area contributed by atoms with Crippen LogP contribution in [-0.2, 0) is 12.7 Å². The highest BCUT2D eigenvalue weighted by atomic mass is 32.1. The lowest BCUT2D eigenvalue weighted by molar-refractivity contribution is -0.141. The van der Waals surface area contributed by atoms with Crippen molar-refractivity contribution in [3.05, 3.63) is 47.3 Å². The van der Waals surface area contributed by atoms with Gasteiger partial charge in [0.1, 0.15) is 0 Å². The first-order valence-electron chi connectivity index (χ1n) is 8.97. The van der Waals surface area contributed by atoms with Gasteiger partial charge in [0, 0.05) is 24.5 Å². The van der Waals surface area contributed by atoms with E-state index >= 15 is 0 Å². The number of nitrogens with one attached hydrogen (secondary N) is 2. The Bertz CT molecular complexity index is 753. The van der Waals surface area contributed by atoms with Crippen molar-refractivity contribution in [3.8, 4) is 0 Å². The van der Waals surface area contributed by atoms with Crippen molar-refractivity contribution in [2.45, 2.75) is 52.3 Å². The third-order valence-electron chi connectivity index (χ3n) is 4.45. The van der Waals surface area contributed by atoms with Crippen molar-refractivity contribution in [2.75, 3.05) is 11.9 Å². The summed E-state index contributed by atoms with van der Waals surface area (Å²) in [6.45, 7) is 6.89. The Kier molecular flexibility index (Phi) is 7.24. The number of hydrogen-bond donors (Lipinski definition) is 2. The first kappa shape index (κ1) is 21.2. The zero-order chi connectivity index (χ0) is 20.0. The molecule has 0 aliphatic rings. The third kappa shape index (κ3) is 6.23. The van der Waals surface area contributed by atoms with E-state index in [0.717, 1.165) is 18.2 Å². The van der Waals surface area contributed by atoms with Gasteiger partial charge in [-0.1, -0.05) is 26.0 Å². The molecule has 0 bridgehead atoms. The molecule has 1 aromatic carbocycles. The van der Waals surface area contributed by atoms with Crippen molar-refractivity contribution in [1.82, 2.24) is 15.1 Å². The number of alkyl halides is 3. The fraction of sp³-hybridized carbons (Fsp3) is 0.474. The maximum absolute atomic E-state index is 12.7. The van der Waals surface area contributed by atoms with Crippen LogP contribution in [0.4, 0.5) is 18.9 Å². The van der Waals surface area contributed by atoms with Gasteiger partial charge in [0.2, 0.25) is 0 Å². The van der Waals surface area contributed by atoms with Gasteiger partial charge in [0.05, 0.1) is 0 Å². The lowest BCUT2D eigenvalue weighted by Crippen LogP contribution is -2.29. The fourth-order valence-corrected chi connectivity index (χ4v) is 2.83. The average Bonchev–Trinajstić information content (AvgIpc) is 3.00. The van der Waals surface area contributed by atoms with Gasteiger partial charge in [-0.3, -0.25) is 4.68 Å². The third-order valence-corrected chi connectivity index (χ3v) is 4.70. The number of thiocarbonyl (C=S) groups is 1. The second-order valence-corrected chi connectivity index (χ2v) is 6.97. The predicted molar refractivity (Wildman–Crippen MR) is 106 cm³/mol. The molecule has 2 aromatic rings. The van der Waals surface area contributed by atoms with E-state index in [1.807, 2.05) is 12.1 Å². The highest BCUT2D eigenvalue weighted by Crippen LogP contribution is 2.28. The highest BCUT2D eigenvalue weighted by molar-refractivity contribution is 7.80. The summed E-state index contributed by atoms with van der Waals surface area (Å²) in [5.41, 5.74) is 1.82. The molecule has 4 nitrogen and oxygen atoms in total. The minimum Gasteiger partial charge on any atom is -0.362 e. The first-order valence-corrected chi connectivity index (χ1v) is 9.38. The van der Waals surface area contributed by atoms with E-state index in [0.29, 0.717) is 36.2 Å². The molecule has 0 amide bonds. The smallest absolute Gasteiger partial charge is 0.362 e. The lowest BCUT2D eigenvalue weighted by Gasteiger charge is -2.13.